The number of thiophene rings is 1. The fraction of sp³-hybridized carbons (Fsp3) is 0.0741. The van der Waals surface area contributed by atoms with E-state index in [9.17, 15) is 19.2 Å². The first kappa shape index (κ1) is 23.9. The standard InChI is InChI=1S/C27H21N5O4S/c1-14-10-24(32-31-14)28-13-20-19-12-17(6-7-21(19)30-26(20)35)25(34)16-4-3-5-18(11-16)29-27(36)23-9-8-22(37-23)15(2)33/h3-13H,1-2H3,(H,29,36)(H,30,35)(H2,28,31,32)/b20-13-. The van der Waals surface area contributed by atoms with E-state index in [-0.39, 0.29) is 23.4 Å². The summed E-state index contributed by atoms with van der Waals surface area (Å²) in [6.07, 6.45) is 1.57. The van der Waals surface area contributed by atoms with Crippen LogP contribution < -0.4 is 16.0 Å². The number of hydrogen-bond acceptors (Lipinski definition) is 7. The molecule has 0 saturated heterocycles. The summed E-state index contributed by atoms with van der Waals surface area (Å²) in [5.74, 6) is -0.372. The van der Waals surface area contributed by atoms with Crippen molar-refractivity contribution >= 4 is 57.5 Å². The molecule has 9 nitrogen and oxygen atoms in total. The number of aromatic amines is 1. The molecule has 10 heteroatoms. The second-order valence-corrected chi connectivity index (χ2v) is 9.51. The van der Waals surface area contributed by atoms with Crippen LogP contribution in [0.25, 0.3) is 5.57 Å². The van der Waals surface area contributed by atoms with Gasteiger partial charge in [0.15, 0.2) is 11.6 Å². The zero-order valence-corrected chi connectivity index (χ0v) is 20.7. The molecule has 5 rings (SSSR count). The Kier molecular flexibility index (Phi) is 6.24. The van der Waals surface area contributed by atoms with Crippen molar-refractivity contribution in [3.8, 4) is 0 Å². The summed E-state index contributed by atoms with van der Waals surface area (Å²) in [5.41, 5.74) is 3.62. The normalized spacial score (nSPS) is 13.2. The van der Waals surface area contributed by atoms with Gasteiger partial charge in [-0.1, -0.05) is 12.1 Å². The largest absolute Gasteiger partial charge is 0.346 e. The Balaban J connectivity index is 1.36. The van der Waals surface area contributed by atoms with Crippen LogP contribution in [0.4, 0.5) is 17.2 Å². The van der Waals surface area contributed by atoms with Crippen molar-refractivity contribution in [2.75, 3.05) is 16.0 Å². The van der Waals surface area contributed by atoms with Crippen molar-refractivity contribution in [1.29, 1.82) is 0 Å². The van der Waals surface area contributed by atoms with Crippen LogP contribution >= 0.6 is 11.3 Å². The summed E-state index contributed by atoms with van der Waals surface area (Å²) >= 11 is 1.11. The molecule has 2 aromatic carbocycles. The smallest absolute Gasteiger partial charge is 0.265 e. The van der Waals surface area contributed by atoms with E-state index in [0.717, 1.165) is 17.0 Å². The van der Waals surface area contributed by atoms with Gasteiger partial charge < -0.3 is 16.0 Å². The molecule has 0 aliphatic carbocycles. The van der Waals surface area contributed by atoms with Crippen LogP contribution in [0, 0.1) is 6.92 Å². The van der Waals surface area contributed by atoms with Gasteiger partial charge in [0.1, 0.15) is 5.82 Å². The maximum absolute atomic E-state index is 13.3. The quantitative estimate of drug-likeness (QED) is 0.207. The fourth-order valence-corrected chi connectivity index (χ4v) is 4.66. The highest BCUT2D eigenvalue weighted by Gasteiger charge is 2.26. The number of carbonyl (C=O) groups is 4. The van der Waals surface area contributed by atoms with Gasteiger partial charge in [-0.05, 0) is 56.3 Å². The van der Waals surface area contributed by atoms with Gasteiger partial charge in [-0.25, -0.2) is 0 Å². The monoisotopic (exact) mass is 511 g/mol. The van der Waals surface area contributed by atoms with Gasteiger partial charge >= 0.3 is 0 Å². The van der Waals surface area contributed by atoms with E-state index in [0.29, 0.717) is 49.2 Å². The summed E-state index contributed by atoms with van der Waals surface area (Å²) in [7, 11) is 0. The number of nitrogens with zero attached hydrogens (tertiary/aromatic N) is 1. The molecule has 0 atom stereocenters. The number of fused-ring (bicyclic) bond motifs is 1. The number of amides is 2. The number of H-pyrrole nitrogens is 1. The average molecular weight is 512 g/mol. The van der Waals surface area contributed by atoms with E-state index >= 15 is 0 Å². The van der Waals surface area contributed by atoms with Crippen molar-refractivity contribution in [3.05, 3.63) is 99.0 Å². The SMILES string of the molecule is CC(=O)c1ccc(C(=O)Nc2cccc(C(=O)c3ccc4c(c3)/C(=C/Nc3cc(C)n[nH]3)C(=O)N4)c2)s1. The first-order valence-corrected chi connectivity index (χ1v) is 12.1. The minimum absolute atomic E-state index is 0.104. The van der Waals surface area contributed by atoms with Crippen LogP contribution in [0.3, 0.4) is 0 Å². The van der Waals surface area contributed by atoms with Crippen LogP contribution in [-0.4, -0.2) is 33.6 Å². The molecule has 0 spiro atoms. The molecule has 1 aliphatic rings. The van der Waals surface area contributed by atoms with Gasteiger partial charge in [0.2, 0.25) is 0 Å². The highest BCUT2D eigenvalue weighted by atomic mass is 32.1. The second kappa shape index (κ2) is 9.67. The molecule has 4 aromatic rings. The lowest BCUT2D eigenvalue weighted by Crippen LogP contribution is -2.11. The Morgan fingerprint density at radius 1 is 0.973 bits per heavy atom. The van der Waals surface area contributed by atoms with E-state index in [1.165, 1.54) is 6.92 Å². The van der Waals surface area contributed by atoms with Crippen molar-refractivity contribution in [2.24, 2.45) is 0 Å². The first-order valence-electron chi connectivity index (χ1n) is 11.3. The number of hydrogen-bond donors (Lipinski definition) is 4. The molecule has 0 saturated carbocycles. The van der Waals surface area contributed by atoms with Crippen LogP contribution in [0.15, 0.2) is 66.9 Å². The maximum atomic E-state index is 13.3. The fourth-order valence-electron chi connectivity index (χ4n) is 3.86. The number of Topliss-reactive ketones (excluding diaryl/α,β-unsaturated/α-hetero) is 1. The number of aromatic nitrogens is 2. The molecule has 0 fully saturated rings. The van der Waals surface area contributed by atoms with E-state index in [1.54, 1.807) is 66.9 Å². The summed E-state index contributed by atoms with van der Waals surface area (Å²) in [6, 6.07) is 16.6. The Hall–Kier alpha value is -4.83. The highest BCUT2D eigenvalue weighted by molar-refractivity contribution is 7.16. The van der Waals surface area contributed by atoms with Gasteiger partial charge in [-0.3, -0.25) is 24.3 Å². The Morgan fingerprint density at radius 3 is 2.49 bits per heavy atom. The number of anilines is 3. The number of nitrogens with one attached hydrogen (secondary N) is 4. The van der Waals surface area contributed by atoms with Crippen molar-refractivity contribution < 1.29 is 19.2 Å². The van der Waals surface area contributed by atoms with E-state index in [1.807, 2.05) is 6.92 Å². The van der Waals surface area contributed by atoms with Crippen LogP contribution in [0.2, 0.25) is 0 Å². The molecule has 1 aliphatic heterocycles. The molecule has 2 amide bonds. The van der Waals surface area contributed by atoms with Crippen molar-refractivity contribution in [1.82, 2.24) is 10.2 Å². The molecular weight excluding hydrogens is 490 g/mol. The molecule has 3 heterocycles. The summed E-state index contributed by atoms with van der Waals surface area (Å²) in [5, 5.41) is 15.5. The van der Waals surface area contributed by atoms with Crippen molar-refractivity contribution in [2.45, 2.75) is 13.8 Å². The Bertz CT molecular complexity index is 1610. The molecular formula is C27H21N5O4S. The maximum Gasteiger partial charge on any atom is 0.265 e. The molecule has 0 radical (unpaired) electrons. The molecule has 37 heavy (non-hydrogen) atoms. The predicted octanol–water partition coefficient (Wildman–Crippen LogP) is 4.87. The summed E-state index contributed by atoms with van der Waals surface area (Å²) < 4.78 is 0. The van der Waals surface area contributed by atoms with Gasteiger partial charge in [0, 0.05) is 40.3 Å². The van der Waals surface area contributed by atoms with E-state index in [4.69, 9.17) is 0 Å². The zero-order valence-electron chi connectivity index (χ0n) is 19.8. The third-order valence-corrected chi connectivity index (χ3v) is 6.89. The minimum Gasteiger partial charge on any atom is -0.346 e. The van der Waals surface area contributed by atoms with Crippen LogP contribution in [0.1, 0.15) is 53.4 Å². The predicted molar refractivity (Wildman–Crippen MR) is 142 cm³/mol. The number of aryl methyl sites for hydroxylation is 1. The minimum atomic E-state index is -0.362. The number of rotatable bonds is 7. The van der Waals surface area contributed by atoms with Crippen molar-refractivity contribution in [3.63, 3.8) is 0 Å². The third kappa shape index (κ3) is 4.95. The lowest BCUT2D eigenvalue weighted by Gasteiger charge is -2.08. The average Bonchev–Trinajstić information content (AvgIpc) is 3.60. The third-order valence-electron chi connectivity index (χ3n) is 5.70. The van der Waals surface area contributed by atoms with Gasteiger partial charge in [0.05, 0.1) is 21.0 Å². The molecule has 0 unspecified atom stereocenters. The topological polar surface area (TPSA) is 133 Å². The van der Waals surface area contributed by atoms with Crippen LogP contribution in [0.5, 0.6) is 0 Å². The summed E-state index contributed by atoms with van der Waals surface area (Å²) in [4.78, 5) is 50.8. The second-order valence-electron chi connectivity index (χ2n) is 8.42. The van der Waals surface area contributed by atoms with Crippen LogP contribution in [-0.2, 0) is 4.79 Å². The number of carbonyl (C=O) groups excluding carboxylic acids is 4. The Labute approximate surface area is 215 Å². The number of benzene rings is 2. The molecule has 4 N–H and O–H groups in total. The van der Waals surface area contributed by atoms with E-state index < -0.39 is 0 Å². The van der Waals surface area contributed by atoms with E-state index in [2.05, 4.69) is 26.1 Å². The summed E-state index contributed by atoms with van der Waals surface area (Å²) in [6.45, 7) is 3.29. The zero-order chi connectivity index (χ0) is 26.1. The molecule has 2 aromatic heterocycles. The molecule has 0 bridgehead atoms. The number of ketones is 2. The van der Waals surface area contributed by atoms with Gasteiger partial charge in [-0.2, -0.15) is 5.10 Å². The molecule has 184 valence electrons. The van der Waals surface area contributed by atoms with Gasteiger partial charge in [0.25, 0.3) is 11.8 Å². The lowest BCUT2D eigenvalue weighted by atomic mass is 9.98. The highest BCUT2D eigenvalue weighted by Crippen LogP contribution is 2.33. The van der Waals surface area contributed by atoms with Gasteiger partial charge in [-0.15, -0.1) is 11.3 Å². The Morgan fingerprint density at radius 2 is 1.76 bits per heavy atom. The first-order chi connectivity index (χ1) is 17.8. The lowest BCUT2D eigenvalue weighted by molar-refractivity contribution is -0.110.